The molecule has 0 aliphatic heterocycles. The summed E-state index contributed by atoms with van der Waals surface area (Å²) in [4.78, 5) is 22.5. The Hall–Kier alpha value is -1.14. The van der Waals surface area contributed by atoms with Crippen molar-refractivity contribution >= 4 is 11.9 Å². The molecule has 6 heteroatoms. The highest BCUT2D eigenvalue weighted by Gasteiger charge is 2.20. The summed E-state index contributed by atoms with van der Waals surface area (Å²) >= 11 is 0. The van der Waals surface area contributed by atoms with Crippen molar-refractivity contribution in [3.8, 4) is 0 Å². The number of carboxylic acids is 1. The highest BCUT2D eigenvalue weighted by molar-refractivity contribution is 5.83. The van der Waals surface area contributed by atoms with Crippen molar-refractivity contribution in [2.75, 3.05) is 6.61 Å². The van der Waals surface area contributed by atoms with Crippen molar-refractivity contribution in [2.24, 2.45) is 0 Å². The van der Waals surface area contributed by atoms with Gasteiger partial charge in [0.15, 0.2) is 0 Å². The summed E-state index contributed by atoms with van der Waals surface area (Å²) in [6.07, 6.45) is 7.72. The Morgan fingerprint density at radius 2 is 1.59 bits per heavy atom. The summed E-state index contributed by atoms with van der Waals surface area (Å²) in [5.74, 6) is -1.67. The number of aliphatic hydroxyl groups is 2. The first-order valence-corrected chi connectivity index (χ1v) is 8.32. The second-order valence-corrected chi connectivity index (χ2v) is 5.74. The summed E-state index contributed by atoms with van der Waals surface area (Å²) in [5, 5.41) is 29.7. The lowest BCUT2D eigenvalue weighted by molar-refractivity contribution is -0.142. The SMILES string of the molecule is CCCCCCCCCC(O)CC(=O)NC(CCO)C(=O)O. The molecule has 0 rings (SSSR count). The van der Waals surface area contributed by atoms with Crippen LogP contribution in [0.25, 0.3) is 0 Å². The molecule has 130 valence electrons. The summed E-state index contributed by atoms with van der Waals surface area (Å²) in [7, 11) is 0. The van der Waals surface area contributed by atoms with Crippen molar-refractivity contribution in [3.05, 3.63) is 0 Å². The maximum absolute atomic E-state index is 11.6. The predicted molar refractivity (Wildman–Crippen MR) is 84.5 cm³/mol. The zero-order valence-electron chi connectivity index (χ0n) is 13.6. The third kappa shape index (κ3) is 11.5. The van der Waals surface area contributed by atoms with Gasteiger partial charge in [-0.25, -0.2) is 4.79 Å². The van der Waals surface area contributed by atoms with Gasteiger partial charge >= 0.3 is 5.97 Å². The molecule has 0 heterocycles. The normalized spacial score (nSPS) is 13.6. The molecule has 0 saturated carbocycles. The van der Waals surface area contributed by atoms with E-state index >= 15 is 0 Å². The minimum atomic E-state index is -1.18. The third-order valence-electron chi connectivity index (χ3n) is 3.61. The zero-order chi connectivity index (χ0) is 16.8. The van der Waals surface area contributed by atoms with Gasteiger partial charge in [-0.1, -0.05) is 51.9 Å². The lowest BCUT2D eigenvalue weighted by atomic mass is 10.0. The molecule has 0 aromatic rings. The monoisotopic (exact) mass is 317 g/mol. The lowest BCUT2D eigenvalue weighted by Gasteiger charge is -2.15. The Bertz CT molecular complexity index is 309. The number of hydrogen-bond acceptors (Lipinski definition) is 4. The molecule has 2 atom stereocenters. The van der Waals surface area contributed by atoms with Crippen LogP contribution in [0, 0.1) is 0 Å². The number of carbonyl (C=O) groups is 2. The maximum atomic E-state index is 11.6. The van der Waals surface area contributed by atoms with Gasteiger partial charge in [-0.2, -0.15) is 0 Å². The van der Waals surface area contributed by atoms with Gasteiger partial charge in [-0.05, 0) is 6.42 Å². The van der Waals surface area contributed by atoms with E-state index in [2.05, 4.69) is 12.2 Å². The molecular formula is C16H31NO5. The molecule has 0 aliphatic rings. The minimum absolute atomic E-state index is 0.0328. The van der Waals surface area contributed by atoms with Crippen LogP contribution in [0.4, 0.5) is 0 Å². The van der Waals surface area contributed by atoms with Crippen molar-refractivity contribution in [3.63, 3.8) is 0 Å². The molecule has 0 aromatic carbocycles. The van der Waals surface area contributed by atoms with E-state index in [1.807, 2.05) is 0 Å². The smallest absolute Gasteiger partial charge is 0.326 e. The molecule has 4 N–H and O–H groups in total. The van der Waals surface area contributed by atoms with E-state index in [1.54, 1.807) is 0 Å². The van der Waals surface area contributed by atoms with E-state index in [1.165, 1.54) is 25.7 Å². The lowest BCUT2D eigenvalue weighted by Crippen LogP contribution is -2.42. The fourth-order valence-electron chi connectivity index (χ4n) is 2.29. The molecule has 0 aromatic heterocycles. The fraction of sp³-hybridized carbons (Fsp3) is 0.875. The van der Waals surface area contributed by atoms with Crippen molar-refractivity contribution < 1.29 is 24.9 Å². The van der Waals surface area contributed by atoms with Crippen LogP contribution < -0.4 is 5.32 Å². The maximum Gasteiger partial charge on any atom is 0.326 e. The van der Waals surface area contributed by atoms with Crippen LogP contribution in [0.5, 0.6) is 0 Å². The van der Waals surface area contributed by atoms with Crippen LogP contribution in [0.1, 0.15) is 71.1 Å². The third-order valence-corrected chi connectivity index (χ3v) is 3.61. The van der Waals surface area contributed by atoms with Crippen LogP contribution in [-0.2, 0) is 9.59 Å². The minimum Gasteiger partial charge on any atom is -0.480 e. The Labute approximate surface area is 132 Å². The zero-order valence-corrected chi connectivity index (χ0v) is 13.6. The first kappa shape index (κ1) is 20.9. The number of nitrogens with one attached hydrogen (secondary N) is 1. The van der Waals surface area contributed by atoms with E-state index in [0.717, 1.165) is 19.3 Å². The van der Waals surface area contributed by atoms with Crippen molar-refractivity contribution in [1.29, 1.82) is 0 Å². The van der Waals surface area contributed by atoms with Gasteiger partial charge < -0.3 is 20.6 Å². The van der Waals surface area contributed by atoms with Gasteiger partial charge in [-0.15, -0.1) is 0 Å². The summed E-state index contributed by atoms with van der Waals surface area (Å²) < 4.78 is 0. The van der Waals surface area contributed by atoms with Gasteiger partial charge in [0, 0.05) is 13.0 Å². The average Bonchev–Trinajstić information content (AvgIpc) is 2.45. The van der Waals surface area contributed by atoms with Crippen LogP contribution in [0.2, 0.25) is 0 Å². The Balaban J connectivity index is 3.74. The van der Waals surface area contributed by atoms with E-state index < -0.39 is 24.0 Å². The largest absolute Gasteiger partial charge is 0.480 e. The van der Waals surface area contributed by atoms with Gasteiger partial charge in [-0.3, -0.25) is 4.79 Å². The van der Waals surface area contributed by atoms with Gasteiger partial charge in [0.1, 0.15) is 6.04 Å². The number of amides is 1. The first-order chi connectivity index (χ1) is 10.5. The second kappa shape index (κ2) is 13.5. The number of rotatable bonds is 14. The Morgan fingerprint density at radius 3 is 2.14 bits per heavy atom. The van der Waals surface area contributed by atoms with E-state index in [-0.39, 0.29) is 19.4 Å². The molecule has 0 fully saturated rings. The number of aliphatic carboxylic acids is 1. The summed E-state index contributed by atoms with van der Waals surface area (Å²) in [6, 6.07) is -1.09. The van der Waals surface area contributed by atoms with Crippen LogP contribution in [0.3, 0.4) is 0 Å². The summed E-state index contributed by atoms with van der Waals surface area (Å²) in [6.45, 7) is 1.87. The molecule has 0 radical (unpaired) electrons. The molecule has 0 aliphatic carbocycles. The van der Waals surface area contributed by atoms with Crippen LogP contribution in [-0.4, -0.2) is 45.9 Å². The topological polar surface area (TPSA) is 107 Å². The summed E-state index contributed by atoms with van der Waals surface area (Å²) in [5.41, 5.74) is 0. The predicted octanol–water partition coefficient (Wildman–Crippen LogP) is 1.83. The number of unbranched alkanes of at least 4 members (excludes halogenated alkanes) is 6. The highest BCUT2D eigenvalue weighted by atomic mass is 16.4. The van der Waals surface area contributed by atoms with Gasteiger partial charge in [0.2, 0.25) is 5.91 Å². The van der Waals surface area contributed by atoms with Gasteiger partial charge in [0.05, 0.1) is 12.5 Å². The van der Waals surface area contributed by atoms with Gasteiger partial charge in [0.25, 0.3) is 0 Å². The average molecular weight is 317 g/mol. The number of carboxylic acid groups (broad SMARTS) is 1. The molecular weight excluding hydrogens is 286 g/mol. The second-order valence-electron chi connectivity index (χ2n) is 5.74. The van der Waals surface area contributed by atoms with Crippen LogP contribution in [0.15, 0.2) is 0 Å². The number of carbonyl (C=O) groups excluding carboxylic acids is 1. The molecule has 0 spiro atoms. The molecule has 1 amide bonds. The molecule has 22 heavy (non-hydrogen) atoms. The number of aliphatic hydroxyl groups excluding tert-OH is 2. The molecule has 6 nitrogen and oxygen atoms in total. The quantitative estimate of drug-likeness (QED) is 0.366. The van der Waals surface area contributed by atoms with Crippen molar-refractivity contribution in [2.45, 2.75) is 83.3 Å². The van der Waals surface area contributed by atoms with E-state index in [9.17, 15) is 14.7 Å². The Morgan fingerprint density at radius 1 is 1.00 bits per heavy atom. The van der Waals surface area contributed by atoms with Crippen molar-refractivity contribution in [1.82, 2.24) is 5.32 Å². The molecule has 2 unspecified atom stereocenters. The first-order valence-electron chi connectivity index (χ1n) is 8.32. The van der Waals surface area contributed by atoms with E-state index in [0.29, 0.717) is 6.42 Å². The van der Waals surface area contributed by atoms with E-state index in [4.69, 9.17) is 10.2 Å². The fourth-order valence-corrected chi connectivity index (χ4v) is 2.29. The Kier molecular flexibility index (Phi) is 12.8. The van der Waals surface area contributed by atoms with Crippen LogP contribution >= 0.6 is 0 Å². The number of hydrogen-bond donors (Lipinski definition) is 4. The standard InChI is InChI=1S/C16H31NO5/c1-2-3-4-5-6-7-8-9-13(19)12-15(20)17-14(10-11-18)16(21)22/h13-14,18-19H,2-12H2,1H3,(H,17,20)(H,21,22). The molecule has 0 bridgehead atoms. The molecule has 0 saturated heterocycles. The highest BCUT2D eigenvalue weighted by Crippen LogP contribution is 2.11.